The van der Waals surface area contributed by atoms with Gasteiger partial charge in [-0.2, -0.15) is 0 Å². The number of para-hydroxylation sites is 1. The summed E-state index contributed by atoms with van der Waals surface area (Å²) in [6.07, 6.45) is 0. The Hall–Kier alpha value is -5.87. The van der Waals surface area contributed by atoms with Gasteiger partial charge in [0.05, 0.1) is 0 Å². The van der Waals surface area contributed by atoms with Gasteiger partial charge in [-0.05, 0) is 52.6 Å². The summed E-state index contributed by atoms with van der Waals surface area (Å²) in [5.41, 5.74) is 8.87. The third-order valence-corrected chi connectivity index (χ3v) is 7.72. The molecule has 0 saturated heterocycles. The molecule has 0 aliphatic carbocycles. The van der Waals surface area contributed by atoms with Crippen molar-refractivity contribution in [2.75, 3.05) is 0 Å². The van der Waals surface area contributed by atoms with Gasteiger partial charge < -0.3 is 4.42 Å². The zero-order chi connectivity index (χ0) is 28.6. The predicted octanol–water partition coefficient (Wildman–Crippen LogP) is 10.1. The van der Waals surface area contributed by atoms with Gasteiger partial charge in [0.25, 0.3) is 0 Å². The molecular weight excluding hydrogens is 526 g/mol. The number of benzene rings is 6. The predicted molar refractivity (Wildman–Crippen MR) is 174 cm³/mol. The molecule has 0 spiro atoms. The summed E-state index contributed by atoms with van der Waals surface area (Å²) in [7, 11) is 0. The summed E-state index contributed by atoms with van der Waals surface area (Å²) in [4.78, 5) is 15.2. The van der Waals surface area contributed by atoms with Crippen LogP contribution >= 0.6 is 0 Å². The van der Waals surface area contributed by atoms with Crippen molar-refractivity contribution in [1.82, 2.24) is 15.0 Å². The van der Waals surface area contributed by atoms with E-state index >= 15 is 0 Å². The molecule has 4 nitrogen and oxygen atoms in total. The van der Waals surface area contributed by atoms with Crippen molar-refractivity contribution in [2.45, 2.75) is 0 Å². The Morgan fingerprint density at radius 1 is 0.349 bits per heavy atom. The fraction of sp³-hybridized carbons (Fsp3) is 0. The van der Waals surface area contributed by atoms with Crippen molar-refractivity contribution in [3.05, 3.63) is 152 Å². The summed E-state index contributed by atoms with van der Waals surface area (Å²) in [6.45, 7) is 0. The molecule has 0 aliphatic heterocycles. The molecule has 2 heterocycles. The highest BCUT2D eigenvalue weighted by molar-refractivity contribution is 6.11. The van der Waals surface area contributed by atoms with Crippen molar-refractivity contribution in [1.29, 1.82) is 0 Å². The first kappa shape index (κ1) is 24.9. The Morgan fingerprint density at radius 2 is 0.837 bits per heavy atom. The molecule has 0 amide bonds. The van der Waals surface area contributed by atoms with Crippen LogP contribution in [0.2, 0.25) is 0 Å². The Bertz CT molecular complexity index is 2170. The van der Waals surface area contributed by atoms with Crippen LogP contribution in [-0.2, 0) is 0 Å². The zero-order valence-electron chi connectivity index (χ0n) is 23.2. The van der Waals surface area contributed by atoms with E-state index < -0.39 is 0 Å². The van der Waals surface area contributed by atoms with Gasteiger partial charge in [0, 0.05) is 27.5 Å². The molecule has 0 unspecified atom stereocenters. The molecule has 0 saturated carbocycles. The quantitative estimate of drug-likeness (QED) is 0.214. The molecule has 0 N–H and O–H groups in total. The van der Waals surface area contributed by atoms with Crippen molar-refractivity contribution >= 4 is 21.9 Å². The highest BCUT2D eigenvalue weighted by atomic mass is 16.3. The van der Waals surface area contributed by atoms with Gasteiger partial charge >= 0.3 is 0 Å². The van der Waals surface area contributed by atoms with E-state index in [9.17, 15) is 0 Å². The van der Waals surface area contributed by atoms with Gasteiger partial charge in [-0.25, -0.2) is 15.0 Å². The van der Waals surface area contributed by atoms with Crippen molar-refractivity contribution < 1.29 is 4.42 Å². The first-order valence-corrected chi connectivity index (χ1v) is 14.3. The number of rotatable bonds is 5. The molecule has 0 atom stereocenters. The average Bonchev–Trinajstić information content (AvgIpc) is 3.48. The Balaban J connectivity index is 1.40. The van der Waals surface area contributed by atoms with Crippen LogP contribution in [0, 0.1) is 0 Å². The number of nitrogens with zero attached hydrogens (tertiary/aromatic N) is 3. The molecule has 0 bridgehead atoms. The lowest BCUT2D eigenvalue weighted by Gasteiger charge is -2.12. The topological polar surface area (TPSA) is 51.8 Å². The van der Waals surface area contributed by atoms with Gasteiger partial charge in [-0.1, -0.05) is 121 Å². The van der Waals surface area contributed by atoms with Gasteiger partial charge in [0.15, 0.2) is 17.5 Å². The average molecular weight is 552 g/mol. The SMILES string of the molecule is c1ccc(-c2cc(-c3ccccc3)cc(-c3nc(-c4ccccc4)nc(-c4cccc5oc6ccccc6c45)n3)c2)cc1. The number of hydrogen-bond acceptors (Lipinski definition) is 4. The molecule has 43 heavy (non-hydrogen) atoms. The monoisotopic (exact) mass is 551 g/mol. The smallest absolute Gasteiger partial charge is 0.164 e. The molecular formula is C39H25N3O. The minimum absolute atomic E-state index is 0.604. The zero-order valence-corrected chi connectivity index (χ0v) is 23.2. The van der Waals surface area contributed by atoms with Crippen molar-refractivity contribution in [3.63, 3.8) is 0 Å². The second-order valence-corrected chi connectivity index (χ2v) is 10.5. The van der Waals surface area contributed by atoms with Crippen LogP contribution in [0.15, 0.2) is 156 Å². The molecule has 6 aromatic carbocycles. The van der Waals surface area contributed by atoms with E-state index in [4.69, 9.17) is 19.4 Å². The Labute approximate surface area is 249 Å². The molecule has 202 valence electrons. The number of fused-ring (bicyclic) bond motifs is 3. The highest BCUT2D eigenvalue weighted by Crippen LogP contribution is 2.37. The third-order valence-electron chi connectivity index (χ3n) is 7.72. The van der Waals surface area contributed by atoms with Gasteiger partial charge in [-0.15, -0.1) is 0 Å². The van der Waals surface area contributed by atoms with Gasteiger partial charge in [0.1, 0.15) is 11.2 Å². The van der Waals surface area contributed by atoms with Crippen LogP contribution in [0.3, 0.4) is 0 Å². The van der Waals surface area contributed by atoms with E-state index in [2.05, 4.69) is 78.9 Å². The minimum Gasteiger partial charge on any atom is -0.456 e. The van der Waals surface area contributed by atoms with E-state index in [1.54, 1.807) is 0 Å². The Kier molecular flexibility index (Phi) is 6.08. The summed E-state index contributed by atoms with van der Waals surface area (Å²) >= 11 is 0. The van der Waals surface area contributed by atoms with Crippen LogP contribution in [0.4, 0.5) is 0 Å². The van der Waals surface area contributed by atoms with Crippen LogP contribution in [0.1, 0.15) is 0 Å². The molecule has 4 heteroatoms. The molecule has 0 radical (unpaired) electrons. The minimum atomic E-state index is 0.604. The Morgan fingerprint density at radius 3 is 1.49 bits per heavy atom. The first-order valence-electron chi connectivity index (χ1n) is 14.3. The van der Waals surface area contributed by atoms with E-state index in [1.165, 1.54) is 0 Å². The maximum absolute atomic E-state index is 6.20. The van der Waals surface area contributed by atoms with Crippen LogP contribution in [0.5, 0.6) is 0 Å². The maximum Gasteiger partial charge on any atom is 0.164 e. The first-order chi connectivity index (χ1) is 21.3. The normalized spacial score (nSPS) is 11.3. The summed E-state index contributed by atoms with van der Waals surface area (Å²) in [5, 5.41) is 2.03. The second kappa shape index (κ2) is 10.5. The molecule has 2 aromatic heterocycles. The van der Waals surface area contributed by atoms with Gasteiger partial charge in [-0.3, -0.25) is 0 Å². The number of hydrogen-bond donors (Lipinski definition) is 0. The van der Waals surface area contributed by atoms with E-state index in [0.29, 0.717) is 17.5 Å². The van der Waals surface area contributed by atoms with Crippen LogP contribution in [-0.4, -0.2) is 15.0 Å². The molecule has 8 rings (SSSR count). The lowest BCUT2D eigenvalue weighted by molar-refractivity contribution is 0.669. The summed E-state index contributed by atoms with van der Waals surface area (Å²) in [6, 6.07) is 51.7. The molecule has 8 aromatic rings. The summed E-state index contributed by atoms with van der Waals surface area (Å²) in [5.74, 6) is 1.84. The molecule has 0 fully saturated rings. The lowest BCUT2D eigenvalue weighted by Crippen LogP contribution is -2.01. The van der Waals surface area contributed by atoms with Gasteiger partial charge in [0.2, 0.25) is 0 Å². The summed E-state index contributed by atoms with van der Waals surface area (Å²) < 4.78 is 6.20. The second-order valence-electron chi connectivity index (χ2n) is 10.5. The van der Waals surface area contributed by atoms with E-state index in [0.717, 1.165) is 60.9 Å². The van der Waals surface area contributed by atoms with E-state index in [1.807, 2.05) is 72.8 Å². The largest absolute Gasteiger partial charge is 0.456 e. The fourth-order valence-corrected chi connectivity index (χ4v) is 5.65. The fourth-order valence-electron chi connectivity index (χ4n) is 5.65. The van der Waals surface area contributed by atoms with Crippen LogP contribution in [0.25, 0.3) is 78.4 Å². The highest BCUT2D eigenvalue weighted by Gasteiger charge is 2.18. The number of aromatic nitrogens is 3. The van der Waals surface area contributed by atoms with Crippen molar-refractivity contribution in [3.8, 4) is 56.4 Å². The number of furan rings is 1. The van der Waals surface area contributed by atoms with E-state index in [-0.39, 0.29) is 0 Å². The van der Waals surface area contributed by atoms with Crippen molar-refractivity contribution in [2.24, 2.45) is 0 Å². The molecule has 0 aliphatic rings. The van der Waals surface area contributed by atoms with Crippen LogP contribution < -0.4 is 0 Å². The standard InChI is InChI=1S/C39H25N3O/c1-4-13-26(14-5-1)29-23-30(27-15-6-2-7-16-27)25-31(24-29)38-40-37(28-17-8-3-9-18-28)41-39(42-38)33-20-12-22-35-36(33)32-19-10-11-21-34(32)43-35/h1-25H. The maximum atomic E-state index is 6.20. The lowest BCUT2D eigenvalue weighted by atomic mass is 9.96. The third kappa shape index (κ3) is 4.65.